The summed E-state index contributed by atoms with van der Waals surface area (Å²) in [5.41, 5.74) is 2.78. The summed E-state index contributed by atoms with van der Waals surface area (Å²) in [5.74, 6) is -0.452. The van der Waals surface area contributed by atoms with Crippen LogP contribution in [0.1, 0.15) is 64.5 Å². The second-order valence-electron chi connectivity index (χ2n) is 9.42. The number of amides is 1. The van der Waals surface area contributed by atoms with Crippen LogP contribution in [0, 0.1) is 0 Å². The van der Waals surface area contributed by atoms with Crippen molar-refractivity contribution < 1.29 is 19.1 Å². The number of hydrogen-bond acceptors (Lipinski definition) is 6. The van der Waals surface area contributed by atoms with E-state index in [1.54, 1.807) is 0 Å². The number of nitrogens with zero attached hydrogens (tertiary/aromatic N) is 2. The predicted octanol–water partition coefficient (Wildman–Crippen LogP) is 4.53. The summed E-state index contributed by atoms with van der Waals surface area (Å²) in [6.45, 7) is 9.74. The van der Waals surface area contributed by atoms with Crippen LogP contribution in [0.25, 0.3) is 0 Å². The molecule has 0 saturated carbocycles. The fourth-order valence-corrected chi connectivity index (χ4v) is 5.39. The van der Waals surface area contributed by atoms with Crippen molar-refractivity contribution in [1.29, 1.82) is 0 Å². The summed E-state index contributed by atoms with van der Waals surface area (Å²) in [7, 11) is 0. The van der Waals surface area contributed by atoms with Gasteiger partial charge in [0.2, 0.25) is 0 Å². The zero-order valence-electron chi connectivity index (χ0n) is 18.7. The number of ether oxygens (including phenoxy) is 2. The molecule has 1 amide bonds. The third-order valence-electron chi connectivity index (χ3n) is 5.95. The third-order valence-corrected chi connectivity index (χ3v) is 7.21. The molecular formula is C24H30N2O4S. The van der Waals surface area contributed by atoms with Gasteiger partial charge >= 0.3 is 5.97 Å². The van der Waals surface area contributed by atoms with E-state index in [-0.39, 0.29) is 23.9 Å². The number of likely N-dealkylation sites (tertiary alicyclic amines) is 1. The predicted molar refractivity (Wildman–Crippen MR) is 122 cm³/mol. The first kappa shape index (κ1) is 22.1. The number of piperidine rings is 1. The Morgan fingerprint density at radius 2 is 1.94 bits per heavy atom. The Labute approximate surface area is 188 Å². The SMILES string of the molecule is C/C(CCC(=O)OC(C)(C)C)=C1\SC(N2CCC3(CC2)OCc2ccccc23)=NC1=O. The van der Waals surface area contributed by atoms with Crippen LogP contribution < -0.4 is 0 Å². The fourth-order valence-electron chi connectivity index (χ4n) is 4.35. The van der Waals surface area contributed by atoms with Crippen molar-refractivity contribution in [2.75, 3.05) is 13.1 Å². The minimum Gasteiger partial charge on any atom is -0.460 e. The molecule has 1 spiro atoms. The summed E-state index contributed by atoms with van der Waals surface area (Å²) >= 11 is 1.43. The van der Waals surface area contributed by atoms with E-state index in [0.29, 0.717) is 17.9 Å². The molecule has 3 heterocycles. The van der Waals surface area contributed by atoms with E-state index in [2.05, 4.69) is 34.2 Å². The highest BCUT2D eigenvalue weighted by atomic mass is 32.2. The van der Waals surface area contributed by atoms with Crippen molar-refractivity contribution in [1.82, 2.24) is 4.90 Å². The standard InChI is InChI=1S/C24H30N2O4S/c1-16(9-10-19(27)30-23(2,3)4)20-21(28)25-22(31-20)26-13-11-24(12-14-26)18-8-6-5-7-17(18)15-29-24/h5-8H,9-15H2,1-4H3/b20-16+. The molecule has 0 unspecified atom stereocenters. The molecule has 31 heavy (non-hydrogen) atoms. The molecule has 0 aromatic heterocycles. The molecule has 0 atom stereocenters. The monoisotopic (exact) mass is 442 g/mol. The number of esters is 1. The Morgan fingerprint density at radius 3 is 2.65 bits per heavy atom. The van der Waals surface area contributed by atoms with Gasteiger partial charge in [0.1, 0.15) is 5.60 Å². The summed E-state index contributed by atoms with van der Waals surface area (Å²) in [6, 6.07) is 8.46. The minimum absolute atomic E-state index is 0.204. The average Bonchev–Trinajstić information content (AvgIpc) is 3.27. The highest BCUT2D eigenvalue weighted by molar-refractivity contribution is 8.18. The molecule has 0 bridgehead atoms. The van der Waals surface area contributed by atoms with Gasteiger partial charge in [0.15, 0.2) is 5.17 Å². The Morgan fingerprint density at radius 1 is 1.23 bits per heavy atom. The van der Waals surface area contributed by atoms with Crippen LogP contribution >= 0.6 is 11.8 Å². The van der Waals surface area contributed by atoms with Crippen LogP contribution in [0.4, 0.5) is 0 Å². The third kappa shape index (κ3) is 4.72. The van der Waals surface area contributed by atoms with Crippen molar-refractivity contribution in [3.05, 3.63) is 45.9 Å². The number of carbonyl (C=O) groups is 2. The second kappa shape index (κ2) is 8.43. The molecule has 7 heteroatoms. The van der Waals surface area contributed by atoms with Crippen LogP contribution in [-0.2, 0) is 31.3 Å². The lowest BCUT2D eigenvalue weighted by Crippen LogP contribution is -2.44. The Kier molecular flexibility index (Phi) is 6.01. The van der Waals surface area contributed by atoms with E-state index >= 15 is 0 Å². The van der Waals surface area contributed by atoms with Gasteiger partial charge in [-0.05, 0) is 69.8 Å². The molecule has 0 radical (unpaired) electrons. The van der Waals surface area contributed by atoms with E-state index in [9.17, 15) is 9.59 Å². The highest BCUT2D eigenvalue weighted by Gasteiger charge is 2.43. The summed E-state index contributed by atoms with van der Waals surface area (Å²) in [4.78, 5) is 31.7. The molecule has 3 aliphatic heterocycles. The number of thioether (sulfide) groups is 1. The van der Waals surface area contributed by atoms with Gasteiger partial charge < -0.3 is 14.4 Å². The van der Waals surface area contributed by atoms with Crippen molar-refractivity contribution in [2.24, 2.45) is 4.99 Å². The Bertz CT molecular complexity index is 953. The zero-order chi connectivity index (χ0) is 22.2. The first-order chi connectivity index (χ1) is 14.7. The van der Waals surface area contributed by atoms with Crippen LogP contribution in [0.15, 0.2) is 39.7 Å². The second-order valence-corrected chi connectivity index (χ2v) is 10.4. The molecular weight excluding hydrogens is 412 g/mol. The molecule has 166 valence electrons. The minimum atomic E-state index is -0.499. The van der Waals surface area contributed by atoms with Gasteiger partial charge in [-0.1, -0.05) is 29.8 Å². The molecule has 0 N–H and O–H groups in total. The van der Waals surface area contributed by atoms with E-state index < -0.39 is 5.60 Å². The lowest BCUT2D eigenvalue weighted by atomic mass is 9.84. The average molecular weight is 443 g/mol. The van der Waals surface area contributed by atoms with Gasteiger partial charge in [-0.2, -0.15) is 4.99 Å². The number of allylic oxidation sites excluding steroid dienone is 1. The first-order valence-corrected chi connectivity index (χ1v) is 11.7. The Balaban J connectivity index is 1.35. The van der Waals surface area contributed by atoms with Gasteiger partial charge in [-0.3, -0.25) is 9.59 Å². The van der Waals surface area contributed by atoms with Gasteiger partial charge in [0.05, 0.1) is 17.1 Å². The molecule has 1 fully saturated rings. The molecule has 3 aliphatic rings. The van der Waals surface area contributed by atoms with Crippen molar-refractivity contribution in [2.45, 2.75) is 71.2 Å². The summed E-state index contributed by atoms with van der Waals surface area (Å²) in [5, 5.41) is 0.762. The number of rotatable bonds is 3. The van der Waals surface area contributed by atoms with Gasteiger partial charge in [0.25, 0.3) is 5.91 Å². The fraction of sp³-hybridized carbons (Fsp3) is 0.542. The van der Waals surface area contributed by atoms with E-state index in [1.807, 2.05) is 27.7 Å². The number of fused-ring (bicyclic) bond motifs is 2. The maximum atomic E-state index is 12.5. The summed E-state index contributed by atoms with van der Waals surface area (Å²) in [6.07, 6.45) is 2.53. The smallest absolute Gasteiger partial charge is 0.306 e. The number of aliphatic imine (C=N–C) groups is 1. The van der Waals surface area contributed by atoms with Crippen LogP contribution in [-0.4, -0.2) is 40.6 Å². The van der Waals surface area contributed by atoms with Crippen molar-refractivity contribution in [3.63, 3.8) is 0 Å². The number of benzene rings is 1. The Hall–Kier alpha value is -2.12. The molecule has 6 nitrogen and oxygen atoms in total. The van der Waals surface area contributed by atoms with Gasteiger partial charge in [0, 0.05) is 19.5 Å². The normalized spacial score (nSPS) is 21.9. The number of carbonyl (C=O) groups excluding carboxylic acids is 2. The van der Waals surface area contributed by atoms with Crippen LogP contribution in [0.5, 0.6) is 0 Å². The lowest BCUT2D eigenvalue weighted by molar-refractivity contribution is -0.154. The molecule has 4 rings (SSSR count). The van der Waals surface area contributed by atoms with E-state index in [4.69, 9.17) is 9.47 Å². The van der Waals surface area contributed by atoms with E-state index in [1.165, 1.54) is 22.9 Å². The van der Waals surface area contributed by atoms with Crippen LogP contribution in [0.2, 0.25) is 0 Å². The lowest BCUT2D eigenvalue weighted by Gasteiger charge is -2.39. The largest absolute Gasteiger partial charge is 0.460 e. The first-order valence-electron chi connectivity index (χ1n) is 10.9. The van der Waals surface area contributed by atoms with Gasteiger partial charge in [-0.15, -0.1) is 0 Å². The number of hydrogen-bond donors (Lipinski definition) is 0. The molecule has 1 saturated heterocycles. The molecule has 1 aromatic rings. The zero-order valence-corrected chi connectivity index (χ0v) is 19.5. The number of amidine groups is 1. The molecule has 0 aliphatic carbocycles. The maximum Gasteiger partial charge on any atom is 0.306 e. The van der Waals surface area contributed by atoms with Crippen molar-refractivity contribution in [3.8, 4) is 0 Å². The van der Waals surface area contributed by atoms with Crippen LogP contribution in [0.3, 0.4) is 0 Å². The van der Waals surface area contributed by atoms with E-state index in [0.717, 1.165) is 36.7 Å². The van der Waals surface area contributed by atoms with Gasteiger partial charge in [-0.25, -0.2) is 0 Å². The summed E-state index contributed by atoms with van der Waals surface area (Å²) < 4.78 is 11.6. The highest BCUT2D eigenvalue weighted by Crippen LogP contribution is 2.45. The van der Waals surface area contributed by atoms with Crippen molar-refractivity contribution >= 4 is 28.8 Å². The molecule has 1 aromatic carbocycles. The maximum absolute atomic E-state index is 12.5. The topological polar surface area (TPSA) is 68.2 Å². The quantitative estimate of drug-likeness (QED) is 0.506.